The van der Waals surface area contributed by atoms with Gasteiger partial charge >= 0.3 is 0 Å². The summed E-state index contributed by atoms with van der Waals surface area (Å²) >= 11 is 0. The molecule has 2 rings (SSSR count). The fourth-order valence-corrected chi connectivity index (χ4v) is 2.12. The fourth-order valence-electron chi connectivity index (χ4n) is 2.12. The van der Waals surface area contributed by atoms with Crippen molar-refractivity contribution in [3.05, 3.63) is 12.2 Å². The molecule has 5 nitrogen and oxygen atoms in total. The van der Waals surface area contributed by atoms with Crippen molar-refractivity contribution in [1.29, 1.82) is 0 Å². The zero-order valence-corrected chi connectivity index (χ0v) is 9.43. The first-order valence-electron chi connectivity index (χ1n) is 5.91. The van der Waals surface area contributed by atoms with Gasteiger partial charge in [-0.1, -0.05) is 24.4 Å². The topological polar surface area (TPSA) is 77.3 Å². The molecule has 0 aliphatic heterocycles. The summed E-state index contributed by atoms with van der Waals surface area (Å²) < 4.78 is 4.65. The van der Waals surface area contributed by atoms with Crippen LogP contribution in [0, 0.1) is 5.92 Å². The predicted octanol–water partition coefficient (Wildman–Crippen LogP) is 1.55. The van der Waals surface area contributed by atoms with Gasteiger partial charge in [-0.2, -0.15) is 4.98 Å². The Kier molecular flexibility index (Phi) is 3.91. The second-order valence-electron chi connectivity index (χ2n) is 4.24. The highest BCUT2D eigenvalue weighted by Gasteiger charge is 2.16. The van der Waals surface area contributed by atoms with E-state index in [4.69, 9.17) is 5.73 Å². The Morgan fingerprint density at radius 2 is 2.25 bits per heavy atom. The molecule has 16 heavy (non-hydrogen) atoms. The van der Waals surface area contributed by atoms with Gasteiger partial charge in [0, 0.05) is 18.9 Å². The van der Waals surface area contributed by atoms with Crippen LogP contribution in [-0.4, -0.2) is 22.5 Å². The van der Waals surface area contributed by atoms with E-state index in [1.54, 1.807) is 0 Å². The predicted molar refractivity (Wildman–Crippen MR) is 61.1 cm³/mol. The Morgan fingerprint density at radius 3 is 2.94 bits per heavy atom. The molecule has 2 N–H and O–H groups in total. The largest absolute Gasteiger partial charge is 0.387 e. The Hall–Kier alpha value is -1.39. The van der Waals surface area contributed by atoms with Crippen LogP contribution in [0.15, 0.2) is 15.9 Å². The van der Waals surface area contributed by atoms with Crippen LogP contribution >= 0.6 is 0 Å². The molecule has 1 aromatic heterocycles. The lowest BCUT2D eigenvalue weighted by Gasteiger charge is -2.20. The minimum Gasteiger partial charge on any atom is -0.387 e. The average molecular weight is 222 g/mol. The lowest BCUT2D eigenvalue weighted by Crippen LogP contribution is -2.26. The van der Waals surface area contributed by atoms with E-state index in [2.05, 4.69) is 19.7 Å². The van der Waals surface area contributed by atoms with Gasteiger partial charge < -0.3 is 10.3 Å². The normalized spacial score (nSPS) is 18.9. The minimum atomic E-state index is 0.499. The number of nitrogens with two attached hydrogens (primary N) is 1. The van der Waals surface area contributed by atoms with Gasteiger partial charge in [-0.15, -0.1) is 0 Å². The Bertz CT molecular complexity index is 328. The molecule has 0 bridgehead atoms. The first-order valence-corrected chi connectivity index (χ1v) is 5.91. The molecule has 0 atom stereocenters. The van der Waals surface area contributed by atoms with E-state index in [1.807, 2.05) is 0 Å². The van der Waals surface area contributed by atoms with E-state index in [-0.39, 0.29) is 0 Å². The zero-order valence-electron chi connectivity index (χ0n) is 9.43. The summed E-state index contributed by atoms with van der Waals surface area (Å²) in [5, 5.41) is 3.73. The van der Waals surface area contributed by atoms with Crippen molar-refractivity contribution in [2.45, 2.75) is 38.5 Å². The van der Waals surface area contributed by atoms with Crippen molar-refractivity contribution in [2.24, 2.45) is 16.6 Å². The Morgan fingerprint density at radius 1 is 1.44 bits per heavy atom. The number of nitrogens with zero attached hydrogens (tertiary/aromatic N) is 3. The molecular weight excluding hydrogens is 204 g/mol. The molecular formula is C11H18N4O. The lowest BCUT2D eigenvalue weighted by molar-refractivity contribution is 0.410. The van der Waals surface area contributed by atoms with E-state index in [0.29, 0.717) is 24.7 Å². The smallest absolute Gasteiger partial charge is 0.213 e. The molecule has 0 radical (unpaired) electrons. The number of hydrogen-bond donors (Lipinski definition) is 1. The quantitative estimate of drug-likeness (QED) is 0.619. The molecule has 88 valence electrons. The van der Waals surface area contributed by atoms with Crippen LogP contribution < -0.4 is 5.73 Å². The molecule has 1 aromatic rings. The minimum absolute atomic E-state index is 0.499. The summed E-state index contributed by atoms with van der Waals surface area (Å²) in [6.45, 7) is 0.655. The van der Waals surface area contributed by atoms with E-state index >= 15 is 0 Å². The Labute approximate surface area is 95.1 Å². The third-order valence-electron chi connectivity index (χ3n) is 3.06. The van der Waals surface area contributed by atoms with E-state index in [9.17, 15) is 0 Å². The molecule has 1 saturated carbocycles. The van der Waals surface area contributed by atoms with Gasteiger partial charge in [-0.25, -0.2) is 0 Å². The highest BCUT2D eigenvalue weighted by Crippen LogP contribution is 2.23. The fraction of sp³-hybridized carbons (Fsp3) is 0.727. The third-order valence-corrected chi connectivity index (χ3v) is 3.06. The average Bonchev–Trinajstić information content (AvgIpc) is 2.83. The summed E-state index contributed by atoms with van der Waals surface area (Å²) in [5.74, 6) is 2.00. The summed E-state index contributed by atoms with van der Waals surface area (Å²) in [6.07, 6.45) is 8.33. The van der Waals surface area contributed by atoms with Crippen molar-refractivity contribution >= 4 is 5.84 Å². The number of rotatable bonds is 4. The first kappa shape index (κ1) is 11.1. The molecule has 0 aromatic carbocycles. The number of amidine groups is 1. The molecule has 5 heteroatoms. The van der Waals surface area contributed by atoms with Gasteiger partial charge in [0.05, 0.1) is 5.84 Å². The van der Waals surface area contributed by atoms with Crippen LogP contribution in [0.2, 0.25) is 0 Å². The van der Waals surface area contributed by atoms with Crippen molar-refractivity contribution in [3.63, 3.8) is 0 Å². The van der Waals surface area contributed by atoms with Crippen LogP contribution in [0.25, 0.3) is 0 Å². The second-order valence-corrected chi connectivity index (χ2v) is 4.24. The van der Waals surface area contributed by atoms with Crippen LogP contribution in [0.4, 0.5) is 0 Å². The van der Waals surface area contributed by atoms with Crippen LogP contribution in [0.3, 0.4) is 0 Å². The van der Waals surface area contributed by atoms with E-state index in [0.717, 1.165) is 5.84 Å². The first-order chi connectivity index (χ1) is 7.86. The monoisotopic (exact) mass is 222 g/mol. The van der Waals surface area contributed by atoms with E-state index < -0.39 is 0 Å². The zero-order chi connectivity index (χ0) is 11.2. The van der Waals surface area contributed by atoms with Gasteiger partial charge in [0.15, 0.2) is 5.82 Å². The van der Waals surface area contributed by atoms with Gasteiger partial charge in [0.1, 0.15) is 0 Å². The maximum atomic E-state index is 5.97. The number of aromatic nitrogens is 2. The maximum Gasteiger partial charge on any atom is 0.213 e. The van der Waals surface area contributed by atoms with Crippen molar-refractivity contribution in [2.75, 3.05) is 6.54 Å². The summed E-state index contributed by atoms with van der Waals surface area (Å²) in [7, 11) is 0. The number of aliphatic imine (C=N–C) groups is 1. The maximum absolute atomic E-state index is 5.97. The molecule has 1 aliphatic carbocycles. The standard InChI is InChI=1S/C11H18N4O/c12-11(9-4-2-1-3-5-9)13-7-6-10-14-8-16-15-10/h8-9H,1-7H2,(H2,12,13). The highest BCUT2D eigenvalue weighted by molar-refractivity contribution is 5.82. The number of hydrogen-bond acceptors (Lipinski definition) is 4. The van der Waals surface area contributed by atoms with Crippen LogP contribution in [0.5, 0.6) is 0 Å². The SMILES string of the molecule is NC(=NCCc1ncon1)C1CCCCC1. The summed E-state index contributed by atoms with van der Waals surface area (Å²) in [5.41, 5.74) is 5.97. The molecule has 1 aliphatic rings. The summed E-state index contributed by atoms with van der Waals surface area (Å²) in [4.78, 5) is 8.33. The van der Waals surface area contributed by atoms with Crippen molar-refractivity contribution < 1.29 is 4.52 Å². The lowest BCUT2D eigenvalue weighted by atomic mass is 9.88. The highest BCUT2D eigenvalue weighted by atomic mass is 16.5. The molecule has 1 fully saturated rings. The van der Waals surface area contributed by atoms with Crippen molar-refractivity contribution in [1.82, 2.24) is 10.1 Å². The summed E-state index contributed by atoms with van der Waals surface area (Å²) in [6, 6.07) is 0. The van der Waals surface area contributed by atoms with Crippen molar-refractivity contribution in [3.8, 4) is 0 Å². The molecule has 1 heterocycles. The Balaban J connectivity index is 1.77. The van der Waals surface area contributed by atoms with Gasteiger partial charge in [0.25, 0.3) is 0 Å². The molecule has 0 unspecified atom stereocenters. The van der Waals surface area contributed by atoms with E-state index in [1.165, 1.54) is 38.5 Å². The molecule has 0 spiro atoms. The van der Waals surface area contributed by atoms with Gasteiger partial charge in [-0.3, -0.25) is 4.99 Å². The van der Waals surface area contributed by atoms with Crippen LogP contribution in [0.1, 0.15) is 37.9 Å². The molecule has 0 amide bonds. The van der Waals surface area contributed by atoms with Crippen LogP contribution in [-0.2, 0) is 6.42 Å². The molecule has 0 saturated heterocycles. The third kappa shape index (κ3) is 3.05. The van der Waals surface area contributed by atoms with Gasteiger partial charge in [-0.05, 0) is 12.8 Å². The van der Waals surface area contributed by atoms with Gasteiger partial charge in [0.2, 0.25) is 6.39 Å². The second kappa shape index (κ2) is 5.63.